The van der Waals surface area contributed by atoms with Gasteiger partial charge in [0.15, 0.2) is 9.84 Å². The Morgan fingerprint density at radius 3 is 2.75 bits per heavy atom. The summed E-state index contributed by atoms with van der Waals surface area (Å²) in [7, 11) is -3.50. The maximum atomic E-state index is 12.3. The van der Waals surface area contributed by atoms with Gasteiger partial charge in [0.05, 0.1) is 16.6 Å². The van der Waals surface area contributed by atoms with Gasteiger partial charge in [0, 0.05) is 36.2 Å². The number of carbonyl (C=O) groups is 1. The smallest absolute Gasteiger partial charge is 0.293 e. The van der Waals surface area contributed by atoms with E-state index in [1.54, 1.807) is 12.3 Å². The molecule has 1 N–H and O–H groups in total. The lowest BCUT2D eigenvalue weighted by Crippen LogP contribution is -2.19. The van der Waals surface area contributed by atoms with Crippen LogP contribution in [-0.2, 0) is 32.2 Å². The molecule has 0 saturated carbocycles. The molecule has 2 heterocycles. The Morgan fingerprint density at radius 1 is 1.29 bits per heavy atom. The summed E-state index contributed by atoms with van der Waals surface area (Å²) < 4.78 is 29.7. The maximum Gasteiger partial charge on any atom is 0.293 e. The molecular weight excluding hydrogens is 380 g/mol. The quantitative estimate of drug-likeness (QED) is 0.602. The first kappa shape index (κ1) is 19.5. The van der Waals surface area contributed by atoms with Crippen LogP contribution in [-0.4, -0.2) is 42.4 Å². The van der Waals surface area contributed by atoms with Crippen molar-refractivity contribution < 1.29 is 17.9 Å². The number of hydrogen-bond donors (Lipinski definition) is 1. The van der Waals surface area contributed by atoms with Crippen molar-refractivity contribution >= 4 is 27.2 Å². The molecule has 28 heavy (non-hydrogen) atoms. The fraction of sp³-hybridized carbons (Fsp3) is 0.263. The standard InChI is InChI=1S/C19H18N4O4S/c1-12-3-14-4-13(6-18(28(2,25)26)19(14)21-9-12)5-16(27-11-24)7-15-10-22-23-17(15)8-20/h3-4,6,9-11,16H,5,7H2,1-2H3,(H,22,23). The van der Waals surface area contributed by atoms with Gasteiger partial charge in [-0.2, -0.15) is 10.4 Å². The van der Waals surface area contributed by atoms with Crippen molar-refractivity contribution in [1.29, 1.82) is 5.26 Å². The lowest BCUT2D eigenvalue weighted by atomic mass is 10.00. The number of nitrogens with one attached hydrogen (secondary N) is 1. The average Bonchev–Trinajstić information content (AvgIpc) is 3.07. The molecule has 2 aromatic heterocycles. The van der Waals surface area contributed by atoms with Crippen molar-refractivity contribution in [2.24, 2.45) is 0 Å². The van der Waals surface area contributed by atoms with Crippen LogP contribution in [0.4, 0.5) is 0 Å². The zero-order chi connectivity index (χ0) is 20.3. The maximum absolute atomic E-state index is 12.3. The number of pyridine rings is 1. The third-order valence-corrected chi connectivity index (χ3v) is 5.44. The van der Waals surface area contributed by atoms with Crippen LogP contribution in [0.3, 0.4) is 0 Å². The van der Waals surface area contributed by atoms with Gasteiger partial charge in [0.25, 0.3) is 6.47 Å². The number of rotatable bonds is 7. The van der Waals surface area contributed by atoms with Gasteiger partial charge in [-0.15, -0.1) is 0 Å². The fourth-order valence-electron chi connectivity index (χ4n) is 3.10. The highest BCUT2D eigenvalue weighted by molar-refractivity contribution is 7.91. The number of fused-ring (bicyclic) bond motifs is 1. The molecule has 1 unspecified atom stereocenters. The van der Waals surface area contributed by atoms with Gasteiger partial charge >= 0.3 is 0 Å². The van der Waals surface area contributed by atoms with E-state index >= 15 is 0 Å². The van der Waals surface area contributed by atoms with Crippen LogP contribution in [0.25, 0.3) is 10.9 Å². The number of aromatic nitrogens is 3. The highest BCUT2D eigenvalue weighted by Gasteiger charge is 2.19. The van der Waals surface area contributed by atoms with E-state index in [2.05, 4.69) is 15.2 Å². The summed E-state index contributed by atoms with van der Waals surface area (Å²) in [6.45, 7) is 2.22. The number of benzene rings is 1. The highest BCUT2D eigenvalue weighted by Crippen LogP contribution is 2.26. The van der Waals surface area contributed by atoms with Crippen molar-refractivity contribution in [3.8, 4) is 6.07 Å². The van der Waals surface area contributed by atoms with Crippen molar-refractivity contribution in [2.45, 2.75) is 30.8 Å². The number of H-pyrrole nitrogens is 1. The van der Waals surface area contributed by atoms with Gasteiger partial charge in [0.1, 0.15) is 17.9 Å². The van der Waals surface area contributed by atoms with E-state index in [4.69, 9.17) is 10.00 Å². The molecule has 0 aliphatic carbocycles. The zero-order valence-electron chi connectivity index (χ0n) is 15.3. The van der Waals surface area contributed by atoms with E-state index in [1.807, 2.05) is 25.1 Å². The minimum Gasteiger partial charge on any atom is -0.464 e. The van der Waals surface area contributed by atoms with Crippen molar-refractivity contribution in [1.82, 2.24) is 15.2 Å². The van der Waals surface area contributed by atoms with E-state index in [0.717, 1.165) is 11.8 Å². The van der Waals surface area contributed by atoms with Crippen LogP contribution in [0.1, 0.15) is 22.4 Å². The third kappa shape index (κ3) is 4.18. The minimum absolute atomic E-state index is 0.130. The average molecular weight is 398 g/mol. The molecule has 0 aliphatic rings. The molecule has 1 atom stereocenters. The number of hydrogen-bond acceptors (Lipinski definition) is 7. The first-order chi connectivity index (χ1) is 13.3. The molecule has 0 fully saturated rings. The second-order valence-corrected chi connectivity index (χ2v) is 8.58. The Morgan fingerprint density at radius 2 is 2.07 bits per heavy atom. The lowest BCUT2D eigenvalue weighted by molar-refractivity contribution is -0.133. The first-order valence-corrected chi connectivity index (χ1v) is 10.3. The normalized spacial score (nSPS) is 12.5. The second kappa shape index (κ2) is 7.78. The summed E-state index contributed by atoms with van der Waals surface area (Å²) in [5.41, 5.74) is 2.92. The molecule has 0 amide bonds. The minimum atomic E-state index is -3.50. The Labute approximate surface area is 162 Å². The zero-order valence-corrected chi connectivity index (χ0v) is 16.2. The fourth-order valence-corrected chi connectivity index (χ4v) is 3.99. The summed E-state index contributed by atoms with van der Waals surface area (Å²) in [5, 5.41) is 16.2. The second-order valence-electron chi connectivity index (χ2n) is 6.60. The Balaban J connectivity index is 2.01. The Kier molecular flexibility index (Phi) is 5.42. The largest absolute Gasteiger partial charge is 0.464 e. The van der Waals surface area contributed by atoms with Crippen LogP contribution in [0.15, 0.2) is 35.5 Å². The SMILES string of the molecule is Cc1cnc2c(S(C)(=O)=O)cc(CC(Cc3cn[nH]c3C#N)OC=O)cc2c1. The number of ether oxygens (including phenoxy) is 1. The van der Waals surface area contributed by atoms with Gasteiger partial charge in [-0.05, 0) is 36.2 Å². The molecule has 144 valence electrons. The predicted molar refractivity (Wildman–Crippen MR) is 101 cm³/mol. The molecule has 0 spiro atoms. The number of sulfone groups is 1. The molecule has 9 heteroatoms. The molecule has 0 saturated heterocycles. The van der Waals surface area contributed by atoms with E-state index in [9.17, 15) is 13.2 Å². The summed E-state index contributed by atoms with van der Waals surface area (Å²) in [6.07, 6.45) is 4.24. The molecule has 0 bridgehead atoms. The number of nitrogens with zero attached hydrogens (tertiary/aromatic N) is 3. The summed E-state index contributed by atoms with van der Waals surface area (Å²) in [4.78, 5) is 15.4. The molecule has 0 radical (unpaired) electrons. The molecule has 3 aromatic rings. The third-order valence-electron chi connectivity index (χ3n) is 4.33. The van der Waals surface area contributed by atoms with E-state index in [1.165, 1.54) is 6.20 Å². The van der Waals surface area contributed by atoms with Gasteiger partial charge in [-0.3, -0.25) is 14.9 Å². The number of aromatic amines is 1. The Bertz CT molecular complexity index is 1180. The van der Waals surface area contributed by atoms with E-state index < -0.39 is 15.9 Å². The van der Waals surface area contributed by atoms with Gasteiger partial charge in [0.2, 0.25) is 0 Å². The Hall–Kier alpha value is -3.25. The molecule has 0 aliphatic heterocycles. The van der Waals surface area contributed by atoms with Crippen LogP contribution in [0.5, 0.6) is 0 Å². The van der Waals surface area contributed by atoms with Gasteiger partial charge in [-0.25, -0.2) is 8.42 Å². The number of aryl methyl sites for hydroxylation is 1. The summed E-state index contributed by atoms with van der Waals surface area (Å²) in [6, 6.07) is 7.25. The van der Waals surface area contributed by atoms with Crippen LogP contribution in [0, 0.1) is 18.3 Å². The highest BCUT2D eigenvalue weighted by atomic mass is 32.2. The first-order valence-electron chi connectivity index (χ1n) is 8.42. The molecular formula is C19H18N4O4S. The summed E-state index contributed by atoms with van der Waals surface area (Å²) in [5.74, 6) is 0. The molecule has 3 rings (SSSR count). The van der Waals surface area contributed by atoms with Crippen molar-refractivity contribution in [3.63, 3.8) is 0 Å². The van der Waals surface area contributed by atoms with Gasteiger partial charge in [-0.1, -0.05) is 0 Å². The van der Waals surface area contributed by atoms with Crippen molar-refractivity contribution in [3.05, 3.63) is 53.0 Å². The number of carbonyl (C=O) groups excluding carboxylic acids is 1. The number of nitriles is 1. The molecule has 8 nitrogen and oxygen atoms in total. The van der Waals surface area contributed by atoms with Crippen molar-refractivity contribution in [2.75, 3.05) is 6.26 Å². The van der Waals surface area contributed by atoms with Crippen LogP contribution >= 0.6 is 0 Å². The topological polar surface area (TPSA) is 126 Å². The van der Waals surface area contributed by atoms with Crippen LogP contribution < -0.4 is 0 Å². The molecule has 1 aromatic carbocycles. The van der Waals surface area contributed by atoms with Crippen LogP contribution in [0.2, 0.25) is 0 Å². The van der Waals surface area contributed by atoms with Gasteiger partial charge < -0.3 is 4.74 Å². The summed E-state index contributed by atoms with van der Waals surface area (Å²) >= 11 is 0. The van der Waals surface area contributed by atoms with E-state index in [0.29, 0.717) is 34.2 Å². The predicted octanol–water partition coefficient (Wildman–Crippen LogP) is 1.87. The lowest BCUT2D eigenvalue weighted by Gasteiger charge is -2.16. The van der Waals surface area contributed by atoms with E-state index in [-0.39, 0.29) is 17.7 Å². The monoisotopic (exact) mass is 398 g/mol.